The van der Waals surface area contributed by atoms with Crippen molar-refractivity contribution >= 4 is 22.8 Å². The number of rotatable bonds is 8. The predicted molar refractivity (Wildman–Crippen MR) is 73.7 cm³/mol. The average molecular weight is 268 g/mol. The Morgan fingerprint density at radius 2 is 2.33 bits per heavy atom. The van der Waals surface area contributed by atoms with Gasteiger partial charge in [0.1, 0.15) is 0 Å². The fourth-order valence-corrected chi connectivity index (χ4v) is 3.02. The number of anilines is 1. The molecule has 0 N–H and O–H groups in total. The Morgan fingerprint density at radius 1 is 1.56 bits per heavy atom. The van der Waals surface area contributed by atoms with Crippen molar-refractivity contribution < 1.29 is 9.53 Å². The SMILES string of the molecule is CCCc1nc(N(CCOC)C2CC2)sc1C=O. The van der Waals surface area contributed by atoms with Crippen molar-refractivity contribution in [3.63, 3.8) is 0 Å². The van der Waals surface area contributed by atoms with Crippen LogP contribution in [0.25, 0.3) is 0 Å². The highest BCUT2D eigenvalue weighted by Gasteiger charge is 2.31. The van der Waals surface area contributed by atoms with Gasteiger partial charge >= 0.3 is 0 Å². The van der Waals surface area contributed by atoms with Crippen LogP contribution >= 0.6 is 11.3 Å². The molecule has 1 aliphatic rings. The van der Waals surface area contributed by atoms with Crippen molar-refractivity contribution in [2.24, 2.45) is 0 Å². The van der Waals surface area contributed by atoms with Crippen LogP contribution in [0.5, 0.6) is 0 Å². The number of aldehydes is 1. The maximum absolute atomic E-state index is 11.1. The molecule has 0 saturated heterocycles. The number of hydrogen-bond acceptors (Lipinski definition) is 5. The van der Waals surface area contributed by atoms with Gasteiger partial charge in [-0.05, 0) is 19.3 Å². The molecule has 0 unspecified atom stereocenters. The molecule has 1 aromatic heterocycles. The standard InChI is InChI=1S/C13H20N2O2S/c1-3-4-11-12(9-16)18-13(14-11)15(7-8-17-2)10-5-6-10/h9-10H,3-8H2,1-2H3. The number of aryl methyl sites for hydroxylation is 1. The molecule has 0 amide bonds. The summed E-state index contributed by atoms with van der Waals surface area (Å²) < 4.78 is 5.15. The molecule has 1 aromatic rings. The minimum atomic E-state index is 0.597. The van der Waals surface area contributed by atoms with Gasteiger partial charge in [0.2, 0.25) is 0 Å². The quantitative estimate of drug-likeness (QED) is 0.679. The molecule has 1 heterocycles. The van der Waals surface area contributed by atoms with Crippen LogP contribution in [-0.2, 0) is 11.2 Å². The van der Waals surface area contributed by atoms with Crippen LogP contribution in [0, 0.1) is 0 Å². The van der Waals surface area contributed by atoms with Gasteiger partial charge in [-0.3, -0.25) is 4.79 Å². The zero-order valence-corrected chi connectivity index (χ0v) is 11.8. The molecule has 1 saturated carbocycles. The molecule has 5 heteroatoms. The molecule has 0 aromatic carbocycles. The number of thiazole rings is 1. The summed E-state index contributed by atoms with van der Waals surface area (Å²) in [5.41, 5.74) is 0.954. The van der Waals surface area contributed by atoms with Crippen LogP contribution in [0.1, 0.15) is 41.6 Å². The molecule has 0 bridgehead atoms. The van der Waals surface area contributed by atoms with Gasteiger partial charge in [-0.25, -0.2) is 4.98 Å². The van der Waals surface area contributed by atoms with Crippen LogP contribution in [-0.4, -0.2) is 37.6 Å². The van der Waals surface area contributed by atoms with Crippen molar-refractivity contribution in [1.82, 2.24) is 4.98 Å². The Hall–Kier alpha value is -0.940. The van der Waals surface area contributed by atoms with Crippen molar-refractivity contribution in [2.75, 3.05) is 25.2 Å². The lowest BCUT2D eigenvalue weighted by Gasteiger charge is -2.20. The van der Waals surface area contributed by atoms with Crippen molar-refractivity contribution in [1.29, 1.82) is 0 Å². The van der Waals surface area contributed by atoms with E-state index in [-0.39, 0.29) is 0 Å². The normalized spacial score (nSPS) is 14.8. The largest absolute Gasteiger partial charge is 0.383 e. The number of aromatic nitrogens is 1. The molecule has 1 fully saturated rings. The second-order valence-electron chi connectivity index (χ2n) is 4.59. The molecule has 0 atom stereocenters. The number of carbonyl (C=O) groups excluding carboxylic acids is 1. The Labute approximate surface area is 112 Å². The van der Waals surface area contributed by atoms with E-state index in [2.05, 4.69) is 16.8 Å². The maximum atomic E-state index is 11.1. The zero-order chi connectivity index (χ0) is 13.0. The van der Waals surface area contributed by atoms with Gasteiger partial charge < -0.3 is 9.64 Å². The van der Waals surface area contributed by atoms with Gasteiger partial charge in [-0.15, -0.1) is 0 Å². The number of methoxy groups -OCH3 is 1. The molecule has 0 radical (unpaired) electrons. The Bertz CT molecular complexity index is 402. The minimum absolute atomic E-state index is 0.597. The third kappa shape index (κ3) is 3.09. The fraction of sp³-hybridized carbons (Fsp3) is 0.692. The van der Waals surface area contributed by atoms with E-state index in [1.165, 1.54) is 24.2 Å². The summed E-state index contributed by atoms with van der Waals surface area (Å²) in [6, 6.07) is 0.597. The van der Waals surface area contributed by atoms with E-state index in [1.807, 2.05) is 0 Å². The Balaban J connectivity index is 2.15. The van der Waals surface area contributed by atoms with Crippen molar-refractivity contribution in [2.45, 2.75) is 38.6 Å². The van der Waals surface area contributed by atoms with Gasteiger partial charge in [0.15, 0.2) is 11.4 Å². The van der Waals surface area contributed by atoms with E-state index < -0.39 is 0 Å². The summed E-state index contributed by atoms with van der Waals surface area (Å²) >= 11 is 1.52. The molecule has 0 spiro atoms. The lowest BCUT2D eigenvalue weighted by Crippen LogP contribution is -2.29. The Morgan fingerprint density at radius 3 is 2.89 bits per heavy atom. The van der Waals surface area contributed by atoms with Crippen LogP contribution in [0.3, 0.4) is 0 Å². The average Bonchev–Trinajstić information content (AvgIpc) is 3.12. The monoisotopic (exact) mass is 268 g/mol. The molecule has 1 aliphatic carbocycles. The summed E-state index contributed by atoms with van der Waals surface area (Å²) in [6.45, 7) is 3.67. The third-order valence-electron chi connectivity index (χ3n) is 3.08. The topological polar surface area (TPSA) is 42.4 Å². The van der Waals surface area contributed by atoms with Crippen molar-refractivity contribution in [3.05, 3.63) is 10.6 Å². The molecule has 4 nitrogen and oxygen atoms in total. The van der Waals surface area contributed by atoms with Crippen LogP contribution in [0.15, 0.2) is 0 Å². The Kier molecular flexibility index (Phi) is 4.72. The molecule has 18 heavy (non-hydrogen) atoms. The van der Waals surface area contributed by atoms with E-state index in [0.29, 0.717) is 12.6 Å². The molecular weight excluding hydrogens is 248 g/mol. The fourth-order valence-electron chi connectivity index (χ4n) is 1.99. The summed E-state index contributed by atoms with van der Waals surface area (Å²) in [5, 5.41) is 0.986. The van der Waals surface area contributed by atoms with Crippen LogP contribution in [0.4, 0.5) is 5.13 Å². The van der Waals surface area contributed by atoms with Gasteiger partial charge in [0.25, 0.3) is 0 Å². The highest BCUT2D eigenvalue weighted by molar-refractivity contribution is 7.17. The predicted octanol–water partition coefficient (Wildman–Crippen LogP) is 2.52. The van der Waals surface area contributed by atoms with Gasteiger partial charge in [-0.2, -0.15) is 0 Å². The smallest absolute Gasteiger partial charge is 0.186 e. The van der Waals surface area contributed by atoms with E-state index in [9.17, 15) is 4.79 Å². The van der Waals surface area contributed by atoms with Crippen molar-refractivity contribution in [3.8, 4) is 0 Å². The number of hydrogen-bond donors (Lipinski definition) is 0. The highest BCUT2D eigenvalue weighted by atomic mass is 32.1. The van der Waals surface area contributed by atoms with Gasteiger partial charge in [0, 0.05) is 19.7 Å². The first kappa shape index (κ1) is 13.5. The van der Waals surface area contributed by atoms with E-state index in [4.69, 9.17) is 4.74 Å². The lowest BCUT2D eigenvalue weighted by molar-refractivity contribution is 0.112. The van der Waals surface area contributed by atoms with E-state index in [0.717, 1.165) is 41.4 Å². The number of carbonyl (C=O) groups is 1. The molecule has 0 aliphatic heterocycles. The minimum Gasteiger partial charge on any atom is -0.383 e. The summed E-state index contributed by atoms with van der Waals surface area (Å²) in [6.07, 6.45) is 5.29. The van der Waals surface area contributed by atoms with Gasteiger partial charge in [0.05, 0.1) is 17.2 Å². The second kappa shape index (κ2) is 6.29. The molecule has 100 valence electrons. The lowest BCUT2D eigenvalue weighted by atomic mass is 10.2. The van der Waals surface area contributed by atoms with E-state index >= 15 is 0 Å². The maximum Gasteiger partial charge on any atom is 0.186 e. The number of nitrogens with zero attached hydrogens (tertiary/aromatic N) is 2. The summed E-state index contributed by atoms with van der Waals surface area (Å²) in [7, 11) is 1.71. The van der Waals surface area contributed by atoms with Crippen LogP contribution in [0.2, 0.25) is 0 Å². The second-order valence-corrected chi connectivity index (χ2v) is 5.60. The summed E-state index contributed by atoms with van der Waals surface area (Å²) in [4.78, 5) is 18.8. The molecule has 2 rings (SSSR count). The summed E-state index contributed by atoms with van der Waals surface area (Å²) in [5.74, 6) is 0. The van der Waals surface area contributed by atoms with Crippen LogP contribution < -0.4 is 4.90 Å². The van der Waals surface area contributed by atoms with Gasteiger partial charge in [-0.1, -0.05) is 24.7 Å². The first-order valence-electron chi connectivity index (χ1n) is 6.50. The molecular formula is C13H20N2O2S. The zero-order valence-electron chi connectivity index (χ0n) is 11.0. The first-order chi connectivity index (χ1) is 8.80. The number of ether oxygens (including phenoxy) is 1. The first-order valence-corrected chi connectivity index (χ1v) is 7.32. The third-order valence-corrected chi connectivity index (χ3v) is 4.14. The highest BCUT2D eigenvalue weighted by Crippen LogP contribution is 2.35. The van der Waals surface area contributed by atoms with E-state index in [1.54, 1.807) is 7.11 Å².